The van der Waals surface area contributed by atoms with Gasteiger partial charge in [-0.2, -0.15) is 9.97 Å². The second-order valence-electron chi connectivity index (χ2n) is 29.4. The van der Waals surface area contributed by atoms with Crippen molar-refractivity contribution in [1.29, 1.82) is 0 Å². The lowest BCUT2D eigenvalue weighted by atomic mass is 9.76. The number of imidazole rings is 1. The number of fused-ring (bicyclic) bond motifs is 1. The third-order valence-corrected chi connectivity index (χ3v) is 20.9. The highest BCUT2D eigenvalue weighted by molar-refractivity contribution is 5.84. The third kappa shape index (κ3) is 25.6. The van der Waals surface area contributed by atoms with Gasteiger partial charge in [0.1, 0.15) is 6.29 Å². The molecule has 14 N–H and O–H groups in total. The number of carbonyl (C=O) groups is 1. The summed E-state index contributed by atoms with van der Waals surface area (Å²) in [5.41, 5.74) is 22.0. The number of carbonyl (C=O) groups excluding carboxylic acids is 1. The minimum Gasteiger partial charge on any atom is -0.395 e. The van der Waals surface area contributed by atoms with Gasteiger partial charge in [0, 0.05) is 36.8 Å². The Bertz CT molecular complexity index is 4280. The molecule has 12 rings (SSSR count). The zero-order chi connectivity index (χ0) is 83.7. The summed E-state index contributed by atoms with van der Waals surface area (Å²) >= 11 is 0. The van der Waals surface area contributed by atoms with Crippen LogP contribution in [0.15, 0.2) is 310 Å². The number of hydrogen-bond donors (Lipinski definition) is 12. The second kappa shape index (κ2) is 48.9. The summed E-state index contributed by atoms with van der Waals surface area (Å²) in [6.45, 7) is 22.5. The average Bonchev–Trinajstić information content (AvgIpc) is 1.14. The van der Waals surface area contributed by atoms with Crippen LogP contribution in [0.5, 0.6) is 0 Å². The minimum atomic E-state index is -0.578. The van der Waals surface area contributed by atoms with Crippen molar-refractivity contribution in [2.75, 3.05) is 23.8 Å². The maximum absolute atomic E-state index is 11.6. The molecule has 9 unspecified atom stereocenters. The van der Waals surface area contributed by atoms with E-state index >= 15 is 0 Å². The molecule has 0 spiro atoms. The van der Waals surface area contributed by atoms with Gasteiger partial charge in [0.2, 0.25) is 5.95 Å². The molecule has 2 heterocycles. The highest BCUT2D eigenvalue weighted by Crippen LogP contribution is 2.41. The van der Waals surface area contributed by atoms with Gasteiger partial charge in [0.25, 0.3) is 0 Å². The van der Waals surface area contributed by atoms with Gasteiger partial charge in [-0.15, -0.1) is 0 Å². The van der Waals surface area contributed by atoms with Gasteiger partial charge < -0.3 is 57.0 Å². The molecule has 116 heavy (non-hydrogen) atoms. The topological polar surface area (TPSA) is 274 Å². The Balaban J connectivity index is 0.000000203. The number of aldehydes is 1. The van der Waals surface area contributed by atoms with Crippen LogP contribution < -0.4 is 38.1 Å². The van der Waals surface area contributed by atoms with E-state index in [1.165, 1.54) is 16.7 Å². The zero-order valence-corrected chi connectivity index (χ0v) is 69.7. The molecule has 17 heteroatoms. The number of aromatic nitrogens is 4. The lowest BCUT2D eigenvalue weighted by Crippen LogP contribution is -2.53. The van der Waals surface area contributed by atoms with E-state index in [0.29, 0.717) is 18.3 Å². The Hall–Kier alpha value is -10.4. The fraction of sp³-hybridized carbons (Fsp3) is 0.333. The smallest absolute Gasteiger partial charge is 0.227 e. The highest BCUT2D eigenvalue weighted by atomic mass is 16.3. The third-order valence-electron chi connectivity index (χ3n) is 20.9. The standard InChI is InChI=1S/C24H27NO.C23H25NO.C23H23NO.C20H28N6O.C5H13NO.C4H11NO/c1-3-23(19(2)26)25-24(20-13-7-4-8-14-20,21-15-9-5-10-16-21)22-17-11-6-12-18-22;2*1-2-22(18-25)24-23(19-12-6-3-7-13-19,20-14-8-4-9-15-20)21-16-10-5-11-17-21;1-5-16(14(4)27)23-20-24-18(21-11-15-9-7-6-8-10-15)17-19(25-20)26(12-22-17)13(2)3;1-3-5(6)4(2)7;1-2-4(5)3-6/h4-19,23,25-26H,3H2,1-2H3;3-17,22,24-25H,2,18H2,1H3;3-18,22,24H,2H2,1H3;6-10,12-14,16,27H,5,11H2,1-4H3,(H2,21,23,24,25);4-5,7H,3,6H2,1-2H3;4,6H,2-3,5H2,1H3. The fourth-order valence-electron chi connectivity index (χ4n) is 13.8. The van der Waals surface area contributed by atoms with E-state index in [9.17, 15) is 20.1 Å². The van der Waals surface area contributed by atoms with Crippen LogP contribution in [0.2, 0.25) is 0 Å². The molecule has 2 aromatic heterocycles. The Morgan fingerprint density at radius 1 is 0.397 bits per heavy atom. The van der Waals surface area contributed by atoms with Gasteiger partial charge in [-0.05, 0) is 129 Å². The van der Waals surface area contributed by atoms with E-state index in [4.69, 9.17) is 21.7 Å². The van der Waals surface area contributed by atoms with Gasteiger partial charge >= 0.3 is 0 Å². The van der Waals surface area contributed by atoms with Gasteiger partial charge in [-0.1, -0.05) is 345 Å². The van der Waals surface area contributed by atoms with Gasteiger partial charge in [0.05, 0.1) is 66.6 Å². The first-order valence-electron chi connectivity index (χ1n) is 41.1. The molecule has 0 aliphatic rings. The van der Waals surface area contributed by atoms with Crippen molar-refractivity contribution in [2.24, 2.45) is 11.5 Å². The maximum atomic E-state index is 11.6. The summed E-state index contributed by atoms with van der Waals surface area (Å²) in [4.78, 5) is 25.5. The van der Waals surface area contributed by atoms with Crippen molar-refractivity contribution < 1.29 is 30.3 Å². The highest BCUT2D eigenvalue weighted by Gasteiger charge is 2.41. The number of aliphatic hydroxyl groups is 5. The maximum Gasteiger partial charge on any atom is 0.227 e. The van der Waals surface area contributed by atoms with Crippen LogP contribution in [0, 0.1) is 0 Å². The predicted octanol–water partition coefficient (Wildman–Crippen LogP) is 17.0. The molecule has 0 saturated carbocycles. The number of aliphatic hydroxyl groups excluding tert-OH is 5. The summed E-state index contributed by atoms with van der Waals surface area (Å²) in [7, 11) is 0. The van der Waals surface area contributed by atoms with Crippen LogP contribution in [0.1, 0.15) is 176 Å². The second-order valence-corrected chi connectivity index (χ2v) is 29.4. The Kier molecular flexibility index (Phi) is 39.1. The first-order valence-corrected chi connectivity index (χ1v) is 41.1. The summed E-state index contributed by atoms with van der Waals surface area (Å²) in [5.74, 6) is 1.18. The fourth-order valence-corrected chi connectivity index (χ4v) is 13.8. The van der Waals surface area contributed by atoms with Crippen LogP contribution in [0.25, 0.3) is 11.2 Å². The van der Waals surface area contributed by atoms with Crippen molar-refractivity contribution in [2.45, 2.75) is 198 Å². The Labute approximate surface area is 690 Å². The largest absolute Gasteiger partial charge is 0.395 e. The summed E-state index contributed by atoms with van der Waals surface area (Å²) in [5, 5.41) is 65.0. The molecule has 0 amide bonds. The number of benzene rings is 10. The van der Waals surface area contributed by atoms with Crippen molar-refractivity contribution in [3.63, 3.8) is 0 Å². The molecule has 614 valence electrons. The van der Waals surface area contributed by atoms with E-state index in [-0.39, 0.29) is 61.6 Å². The van der Waals surface area contributed by atoms with E-state index in [1.54, 1.807) is 20.2 Å². The SMILES string of the molecule is CCC(C=O)NC(c1ccccc1)(c1ccccc1)c1ccccc1.CCC(CO)NC(c1ccccc1)(c1ccccc1)c1ccccc1.CCC(N)C(C)O.CCC(N)CO.CCC(NC(c1ccccc1)(c1ccccc1)c1ccccc1)C(C)O.CCC(Nc1nc(NCc2ccccc2)c2ncn(C(C)C)c2n1)C(C)O. The molecule has 0 bridgehead atoms. The zero-order valence-electron chi connectivity index (χ0n) is 69.7. The minimum absolute atomic E-state index is 0.000573. The molecule has 0 radical (unpaired) electrons. The van der Waals surface area contributed by atoms with E-state index in [2.05, 4.69) is 263 Å². The lowest BCUT2D eigenvalue weighted by Gasteiger charge is -2.41. The first-order chi connectivity index (χ1) is 56.3. The van der Waals surface area contributed by atoms with Crippen molar-refractivity contribution in [3.05, 3.63) is 365 Å². The van der Waals surface area contributed by atoms with Gasteiger partial charge in [-0.3, -0.25) is 16.0 Å². The van der Waals surface area contributed by atoms with E-state index in [1.807, 2.05) is 148 Å². The molecule has 0 aliphatic carbocycles. The monoisotopic (exact) mass is 1570 g/mol. The lowest BCUT2D eigenvalue weighted by molar-refractivity contribution is -0.110. The van der Waals surface area contributed by atoms with E-state index in [0.717, 1.165) is 94.9 Å². The molecule has 10 aromatic carbocycles. The molecule has 12 aromatic rings. The number of anilines is 2. The van der Waals surface area contributed by atoms with Crippen molar-refractivity contribution in [3.8, 4) is 0 Å². The van der Waals surface area contributed by atoms with Crippen molar-refractivity contribution >= 4 is 29.2 Å². The average molecular weight is 1570 g/mol. The number of rotatable bonds is 33. The summed E-state index contributed by atoms with van der Waals surface area (Å²) < 4.78 is 2.03. The van der Waals surface area contributed by atoms with Gasteiger partial charge in [0.15, 0.2) is 17.0 Å². The van der Waals surface area contributed by atoms with Crippen LogP contribution in [0.4, 0.5) is 11.8 Å². The Morgan fingerprint density at radius 3 is 0.983 bits per heavy atom. The number of hydrogen-bond acceptors (Lipinski definition) is 16. The summed E-state index contributed by atoms with van der Waals surface area (Å²) in [6, 6.07) is 104. The molecule has 0 saturated heterocycles. The van der Waals surface area contributed by atoms with Crippen molar-refractivity contribution in [1.82, 2.24) is 35.5 Å². The number of nitrogens with zero attached hydrogens (tertiary/aromatic N) is 4. The molecule has 17 nitrogen and oxygen atoms in total. The molecule has 9 atom stereocenters. The normalized spacial score (nSPS) is 13.6. The van der Waals surface area contributed by atoms with E-state index < -0.39 is 28.8 Å². The summed E-state index contributed by atoms with van der Waals surface area (Å²) in [6.07, 6.45) is 6.40. The molecule has 0 fully saturated rings. The van der Waals surface area contributed by atoms with Crippen LogP contribution in [0.3, 0.4) is 0 Å². The molecular weight excluding hydrogens is 1440 g/mol. The molecule has 0 aliphatic heterocycles. The Morgan fingerprint density at radius 2 is 0.733 bits per heavy atom. The first kappa shape index (κ1) is 92.8. The van der Waals surface area contributed by atoms with Crippen LogP contribution in [-0.4, -0.2) is 119 Å². The van der Waals surface area contributed by atoms with Crippen LogP contribution >= 0.6 is 0 Å². The number of nitrogens with two attached hydrogens (primary N) is 2. The predicted molar refractivity (Wildman–Crippen MR) is 478 cm³/mol. The quantitative estimate of drug-likeness (QED) is 0.0135. The van der Waals surface area contributed by atoms with Crippen LogP contribution in [-0.2, 0) is 28.0 Å². The van der Waals surface area contributed by atoms with Gasteiger partial charge in [-0.25, -0.2) is 4.98 Å². The number of nitrogens with one attached hydrogen (secondary N) is 5. The molecular formula is C99H127N11O6.